The van der Waals surface area contributed by atoms with Gasteiger partial charge in [-0.1, -0.05) is 43.5 Å². The Bertz CT molecular complexity index is 911. The highest BCUT2D eigenvalue weighted by Crippen LogP contribution is 2.40. The van der Waals surface area contributed by atoms with Crippen molar-refractivity contribution in [3.05, 3.63) is 47.5 Å². The first-order chi connectivity index (χ1) is 12.6. The maximum absolute atomic E-state index is 13.2. The van der Waals surface area contributed by atoms with Crippen LogP contribution in [0.3, 0.4) is 0 Å². The van der Waals surface area contributed by atoms with Gasteiger partial charge in [0.1, 0.15) is 0 Å². The summed E-state index contributed by atoms with van der Waals surface area (Å²) in [5.74, 6) is -1.40. The number of nitrogens with one attached hydrogen (secondary N) is 1. The SMILES string of the molecule is O=C1ONC2(CCCCC2)C1N1C(=O)c2cccc3cccc(c23)C1=O. The van der Waals surface area contributed by atoms with Crippen LogP contribution in [0.1, 0.15) is 52.8 Å². The van der Waals surface area contributed by atoms with Crippen molar-refractivity contribution in [3.63, 3.8) is 0 Å². The summed E-state index contributed by atoms with van der Waals surface area (Å²) in [5, 5.41) is 1.51. The van der Waals surface area contributed by atoms with Crippen molar-refractivity contribution in [3.8, 4) is 0 Å². The highest BCUT2D eigenvalue weighted by molar-refractivity contribution is 6.26. The maximum atomic E-state index is 13.2. The van der Waals surface area contributed by atoms with Crippen molar-refractivity contribution in [1.82, 2.24) is 10.4 Å². The van der Waals surface area contributed by atoms with E-state index in [1.807, 2.05) is 12.1 Å². The lowest BCUT2D eigenvalue weighted by molar-refractivity contribution is -0.145. The van der Waals surface area contributed by atoms with Gasteiger partial charge in [0, 0.05) is 16.5 Å². The molecule has 2 amide bonds. The van der Waals surface area contributed by atoms with Crippen molar-refractivity contribution in [2.45, 2.75) is 43.7 Å². The molecule has 1 saturated carbocycles. The Morgan fingerprint density at radius 3 is 2.15 bits per heavy atom. The van der Waals surface area contributed by atoms with E-state index in [0.717, 1.165) is 29.5 Å². The minimum absolute atomic E-state index is 0.421. The van der Waals surface area contributed by atoms with Crippen LogP contribution in [0.4, 0.5) is 0 Å². The Hall–Kier alpha value is -2.73. The van der Waals surface area contributed by atoms with Gasteiger partial charge in [0.2, 0.25) is 0 Å². The molecule has 5 rings (SSSR count). The Labute approximate surface area is 150 Å². The third-order valence-electron chi connectivity index (χ3n) is 5.91. The molecule has 2 fully saturated rings. The standard InChI is InChI=1S/C20H18N2O4/c23-17-13-8-4-6-12-7-5-9-14(15(12)13)18(24)22(17)16-19(25)26-21-20(16)10-2-1-3-11-20/h4-9,16,21H,1-3,10-11H2. The third-order valence-corrected chi connectivity index (χ3v) is 5.91. The summed E-state index contributed by atoms with van der Waals surface area (Å²) in [5.41, 5.74) is 3.11. The number of nitrogens with zero attached hydrogens (tertiary/aromatic N) is 1. The minimum Gasteiger partial charge on any atom is -0.368 e. The van der Waals surface area contributed by atoms with E-state index in [1.54, 1.807) is 24.3 Å². The van der Waals surface area contributed by atoms with E-state index in [2.05, 4.69) is 5.48 Å². The van der Waals surface area contributed by atoms with Crippen molar-refractivity contribution in [2.75, 3.05) is 0 Å². The molecule has 0 bridgehead atoms. The highest BCUT2D eigenvalue weighted by atomic mass is 16.7. The average molecular weight is 350 g/mol. The predicted octanol–water partition coefficient (Wildman–Crippen LogP) is 2.57. The van der Waals surface area contributed by atoms with Gasteiger partial charge in [-0.3, -0.25) is 14.5 Å². The van der Waals surface area contributed by atoms with Gasteiger partial charge in [-0.05, 0) is 30.4 Å². The lowest BCUT2D eigenvalue weighted by atomic mass is 9.76. The minimum atomic E-state index is -0.925. The summed E-state index contributed by atoms with van der Waals surface area (Å²) in [7, 11) is 0. The van der Waals surface area contributed by atoms with E-state index >= 15 is 0 Å². The molecule has 1 atom stereocenters. The largest absolute Gasteiger partial charge is 0.368 e. The zero-order valence-corrected chi connectivity index (χ0v) is 14.2. The van der Waals surface area contributed by atoms with Gasteiger partial charge in [0.05, 0.1) is 5.54 Å². The summed E-state index contributed by atoms with van der Waals surface area (Å²) >= 11 is 0. The molecule has 26 heavy (non-hydrogen) atoms. The third kappa shape index (κ3) is 1.93. The lowest BCUT2D eigenvalue weighted by Gasteiger charge is -2.40. The predicted molar refractivity (Wildman–Crippen MR) is 93.3 cm³/mol. The number of amides is 2. The van der Waals surface area contributed by atoms with Crippen LogP contribution < -0.4 is 5.48 Å². The molecule has 2 aromatic carbocycles. The molecule has 0 aromatic heterocycles. The first-order valence-corrected chi connectivity index (χ1v) is 9.00. The number of rotatable bonds is 1. The van der Waals surface area contributed by atoms with Crippen LogP contribution in [-0.4, -0.2) is 34.3 Å². The van der Waals surface area contributed by atoms with E-state index in [1.165, 1.54) is 0 Å². The second-order valence-corrected chi connectivity index (χ2v) is 7.33. The van der Waals surface area contributed by atoms with Gasteiger partial charge in [0.15, 0.2) is 6.04 Å². The van der Waals surface area contributed by atoms with E-state index in [0.29, 0.717) is 29.4 Å². The van der Waals surface area contributed by atoms with Gasteiger partial charge in [-0.25, -0.2) is 4.79 Å². The van der Waals surface area contributed by atoms with Gasteiger partial charge in [0.25, 0.3) is 11.8 Å². The van der Waals surface area contributed by atoms with Gasteiger partial charge in [-0.15, -0.1) is 5.48 Å². The molecule has 1 saturated heterocycles. The highest BCUT2D eigenvalue weighted by Gasteiger charge is 2.57. The molecule has 1 aliphatic carbocycles. The lowest BCUT2D eigenvalue weighted by Crippen LogP contribution is -2.61. The van der Waals surface area contributed by atoms with E-state index in [4.69, 9.17) is 4.84 Å². The second kappa shape index (κ2) is 5.38. The molecule has 1 unspecified atom stereocenters. The molecule has 2 aliphatic heterocycles. The number of carbonyl (C=O) groups excluding carboxylic acids is 3. The molecule has 1 N–H and O–H groups in total. The molecule has 1 spiro atoms. The number of hydrogen-bond donors (Lipinski definition) is 1. The second-order valence-electron chi connectivity index (χ2n) is 7.33. The molecule has 2 aromatic rings. The van der Waals surface area contributed by atoms with Crippen LogP contribution in [0.5, 0.6) is 0 Å². The topological polar surface area (TPSA) is 75.7 Å². The summed E-state index contributed by atoms with van der Waals surface area (Å²) in [6.45, 7) is 0. The maximum Gasteiger partial charge on any atom is 0.350 e. The Balaban J connectivity index is 1.67. The molecule has 132 valence electrons. The summed E-state index contributed by atoms with van der Waals surface area (Å²) < 4.78 is 0. The number of hydroxylamine groups is 1. The van der Waals surface area contributed by atoms with Crippen LogP contribution in [0.25, 0.3) is 10.8 Å². The van der Waals surface area contributed by atoms with Crippen LogP contribution in [0, 0.1) is 0 Å². The van der Waals surface area contributed by atoms with E-state index in [-0.39, 0.29) is 0 Å². The first-order valence-electron chi connectivity index (χ1n) is 9.00. The fraction of sp³-hybridized carbons (Fsp3) is 0.350. The molecular formula is C20H18N2O4. The number of benzene rings is 2. The summed E-state index contributed by atoms with van der Waals surface area (Å²) in [4.78, 5) is 45.3. The van der Waals surface area contributed by atoms with Gasteiger partial charge < -0.3 is 4.84 Å². The summed E-state index contributed by atoms with van der Waals surface area (Å²) in [6.07, 6.45) is 4.35. The molecule has 2 heterocycles. The molecule has 3 aliphatic rings. The quantitative estimate of drug-likeness (QED) is 0.800. The van der Waals surface area contributed by atoms with Gasteiger partial charge >= 0.3 is 5.97 Å². The zero-order valence-electron chi connectivity index (χ0n) is 14.2. The fourth-order valence-electron chi connectivity index (χ4n) is 4.68. The van der Waals surface area contributed by atoms with Crippen molar-refractivity contribution in [2.24, 2.45) is 0 Å². The van der Waals surface area contributed by atoms with Crippen LogP contribution in [0.15, 0.2) is 36.4 Å². The number of hydrogen-bond acceptors (Lipinski definition) is 5. The van der Waals surface area contributed by atoms with Crippen molar-refractivity contribution < 1.29 is 19.2 Å². The molecule has 6 nitrogen and oxygen atoms in total. The monoisotopic (exact) mass is 350 g/mol. The van der Waals surface area contributed by atoms with Crippen molar-refractivity contribution >= 4 is 28.6 Å². The van der Waals surface area contributed by atoms with Crippen LogP contribution >= 0.6 is 0 Å². The normalized spacial score (nSPS) is 24.4. The van der Waals surface area contributed by atoms with E-state index in [9.17, 15) is 14.4 Å². The molecule has 0 radical (unpaired) electrons. The van der Waals surface area contributed by atoms with E-state index < -0.39 is 29.4 Å². The van der Waals surface area contributed by atoms with Gasteiger partial charge in [-0.2, -0.15) is 0 Å². The number of carbonyl (C=O) groups is 3. The first kappa shape index (κ1) is 15.5. The van der Waals surface area contributed by atoms with Crippen LogP contribution in [-0.2, 0) is 9.63 Å². The zero-order chi connectivity index (χ0) is 17.9. The average Bonchev–Trinajstić information content (AvgIpc) is 2.97. The molecular weight excluding hydrogens is 332 g/mol. The summed E-state index contributed by atoms with van der Waals surface area (Å²) in [6, 6.07) is 9.87. The Morgan fingerprint density at radius 2 is 1.54 bits per heavy atom. The Kier molecular flexibility index (Phi) is 3.21. The molecule has 6 heteroatoms. The number of imide groups is 1. The smallest absolute Gasteiger partial charge is 0.350 e. The van der Waals surface area contributed by atoms with Crippen LogP contribution in [0.2, 0.25) is 0 Å². The Morgan fingerprint density at radius 1 is 0.923 bits per heavy atom. The fourth-order valence-corrected chi connectivity index (χ4v) is 4.68. The van der Waals surface area contributed by atoms with Crippen molar-refractivity contribution in [1.29, 1.82) is 0 Å².